The monoisotopic (exact) mass is 472 g/mol. The largest absolute Gasteiger partial charge is 0.418 e. The molecule has 0 spiro atoms. The fourth-order valence-electron chi connectivity index (χ4n) is 3.81. The standard InChI is InChI=1S/C23H23F3N6S/c1-16-18(15-27-29-22(33)28-20-12-6-5-11-19(20)23(24,25)26)21(31-13-7-8-14-31)32(30-16)17-9-3-2-4-10-17/h2-6,9-12,15H,7-8,13-14H2,1H3,(H2,28,29,33). The summed E-state index contributed by atoms with van der Waals surface area (Å²) in [5.41, 5.74) is 4.24. The lowest BCUT2D eigenvalue weighted by atomic mass is 10.2. The van der Waals surface area contributed by atoms with Crippen molar-refractivity contribution in [1.82, 2.24) is 15.2 Å². The summed E-state index contributed by atoms with van der Waals surface area (Å²) >= 11 is 5.15. The van der Waals surface area contributed by atoms with Gasteiger partial charge in [-0.05, 0) is 56.2 Å². The Kier molecular flexibility index (Phi) is 6.64. The Bertz CT molecular complexity index is 1150. The molecule has 2 aromatic carbocycles. The molecule has 0 amide bonds. The van der Waals surface area contributed by atoms with Crippen molar-refractivity contribution in [2.75, 3.05) is 23.3 Å². The molecule has 0 unspecified atom stereocenters. The highest BCUT2D eigenvalue weighted by atomic mass is 32.1. The summed E-state index contributed by atoms with van der Waals surface area (Å²) in [4.78, 5) is 2.27. The van der Waals surface area contributed by atoms with Gasteiger partial charge in [0.25, 0.3) is 0 Å². The first-order valence-electron chi connectivity index (χ1n) is 10.5. The normalized spacial score (nSPS) is 14.1. The molecule has 0 bridgehead atoms. The van der Waals surface area contributed by atoms with Crippen LogP contribution in [-0.4, -0.2) is 34.2 Å². The lowest BCUT2D eigenvalue weighted by Crippen LogP contribution is -2.26. The highest BCUT2D eigenvalue weighted by molar-refractivity contribution is 7.80. The fourth-order valence-corrected chi connectivity index (χ4v) is 3.97. The number of hydrogen-bond acceptors (Lipinski definition) is 4. The molecule has 0 aliphatic carbocycles. The molecule has 0 radical (unpaired) electrons. The second kappa shape index (κ2) is 9.62. The van der Waals surface area contributed by atoms with Crippen molar-refractivity contribution in [3.63, 3.8) is 0 Å². The second-order valence-electron chi connectivity index (χ2n) is 7.63. The lowest BCUT2D eigenvalue weighted by Gasteiger charge is -2.20. The van der Waals surface area contributed by atoms with Crippen LogP contribution in [0.1, 0.15) is 29.7 Å². The summed E-state index contributed by atoms with van der Waals surface area (Å²) in [6.07, 6.45) is -0.684. The summed E-state index contributed by atoms with van der Waals surface area (Å²) in [6.45, 7) is 3.73. The average molecular weight is 473 g/mol. The molecule has 33 heavy (non-hydrogen) atoms. The van der Waals surface area contributed by atoms with Crippen LogP contribution >= 0.6 is 12.2 Å². The predicted molar refractivity (Wildman–Crippen MR) is 128 cm³/mol. The van der Waals surface area contributed by atoms with Gasteiger partial charge in [-0.15, -0.1) is 0 Å². The molecule has 0 saturated carbocycles. The predicted octanol–water partition coefficient (Wildman–Crippen LogP) is 5.12. The zero-order chi connectivity index (χ0) is 23.4. The van der Waals surface area contributed by atoms with E-state index in [0.29, 0.717) is 0 Å². The van der Waals surface area contributed by atoms with Crippen molar-refractivity contribution in [3.05, 3.63) is 71.4 Å². The Morgan fingerprint density at radius 1 is 1.06 bits per heavy atom. The number of nitrogens with one attached hydrogen (secondary N) is 2. The molecular formula is C23H23F3N6S. The minimum absolute atomic E-state index is 0.0428. The van der Waals surface area contributed by atoms with Crippen molar-refractivity contribution >= 4 is 35.1 Å². The van der Waals surface area contributed by atoms with Crippen LogP contribution in [0.15, 0.2) is 59.7 Å². The third-order valence-corrected chi connectivity index (χ3v) is 5.52. The molecule has 10 heteroatoms. The maximum absolute atomic E-state index is 13.2. The van der Waals surface area contributed by atoms with Gasteiger partial charge in [0.1, 0.15) is 5.82 Å². The van der Waals surface area contributed by atoms with Gasteiger partial charge in [-0.3, -0.25) is 5.43 Å². The van der Waals surface area contributed by atoms with Gasteiger partial charge < -0.3 is 10.2 Å². The SMILES string of the molecule is Cc1nn(-c2ccccc2)c(N2CCCC2)c1C=NNC(=S)Nc1ccccc1C(F)(F)F. The summed E-state index contributed by atoms with van der Waals surface area (Å²) in [7, 11) is 0. The van der Waals surface area contributed by atoms with Crippen LogP contribution in [-0.2, 0) is 6.18 Å². The van der Waals surface area contributed by atoms with E-state index in [9.17, 15) is 13.2 Å². The molecule has 2 N–H and O–H groups in total. The zero-order valence-electron chi connectivity index (χ0n) is 17.9. The van der Waals surface area contributed by atoms with Crippen molar-refractivity contribution in [2.24, 2.45) is 5.10 Å². The number of anilines is 2. The van der Waals surface area contributed by atoms with Gasteiger partial charge in [-0.2, -0.15) is 23.4 Å². The number of hydrogen-bond donors (Lipinski definition) is 2. The van der Waals surface area contributed by atoms with E-state index >= 15 is 0 Å². The molecule has 3 aromatic rings. The Labute approximate surface area is 195 Å². The van der Waals surface area contributed by atoms with Crippen molar-refractivity contribution in [2.45, 2.75) is 25.9 Å². The quantitative estimate of drug-likeness (QED) is 0.307. The van der Waals surface area contributed by atoms with Crippen LogP contribution in [0.25, 0.3) is 5.69 Å². The number of hydrazone groups is 1. The Hall–Kier alpha value is -3.40. The first kappa shape index (κ1) is 22.8. The van der Waals surface area contributed by atoms with Crippen molar-refractivity contribution in [1.29, 1.82) is 0 Å². The summed E-state index contributed by atoms with van der Waals surface area (Å²) < 4.78 is 41.5. The van der Waals surface area contributed by atoms with Gasteiger partial charge >= 0.3 is 6.18 Å². The van der Waals surface area contributed by atoms with Gasteiger partial charge in [-0.25, -0.2) is 4.68 Å². The highest BCUT2D eigenvalue weighted by Gasteiger charge is 2.33. The molecular weight excluding hydrogens is 449 g/mol. The van der Waals surface area contributed by atoms with Crippen molar-refractivity contribution in [3.8, 4) is 5.69 Å². The number of nitrogens with zero attached hydrogens (tertiary/aromatic N) is 4. The number of aryl methyl sites for hydroxylation is 1. The molecule has 0 atom stereocenters. The minimum Gasteiger partial charge on any atom is -0.356 e. The van der Waals surface area contributed by atoms with Crippen LogP contribution in [0, 0.1) is 6.92 Å². The molecule has 2 heterocycles. The smallest absolute Gasteiger partial charge is 0.356 e. The van der Waals surface area contributed by atoms with E-state index in [2.05, 4.69) is 20.7 Å². The van der Waals surface area contributed by atoms with E-state index in [1.807, 2.05) is 41.9 Å². The third-order valence-electron chi connectivity index (χ3n) is 5.33. The number of para-hydroxylation sites is 2. The van der Waals surface area contributed by atoms with E-state index in [1.54, 1.807) is 6.21 Å². The molecule has 1 aliphatic rings. The van der Waals surface area contributed by atoms with Gasteiger partial charge in [-0.1, -0.05) is 30.3 Å². The minimum atomic E-state index is -4.49. The summed E-state index contributed by atoms with van der Waals surface area (Å²) in [5, 5.41) is 11.4. The molecule has 1 fully saturated rings. The zero-order valence-corrected chi connectivity index (χ0v) is 18.7. The average Bonchev–Trinajstić information content (AvgIpc) is 3.42. The molecule has 4 rings (SSSR count). The molecule has 1 aliphatic heterocycles. The van der Waals surface area contributed by atoms with Crippen LogP contribution in [0.5, 0.6) is 0 Å². The van der Waals surface area contributed by atoms with Crippen LogP contribution < -0.4 is 15.6 Å². The number of alkyl halides is 3. The van der Waals surface area contributed by atoms with E-state index in [4.69, 9.17) is 17.3 Å². The Morgan fingerprint density at radius 2 is 1.73 bits per heavy atom. The molecule has 6 nitrogen and oxygen atoms in total. The molecule has 172 valence electrons. The maximum atomic E-state index is 13.2. The van der Waals surface area contributed by atoms with Crippen LogP contribution in [0.3, 0.4) is 0 Å². The van der Waals surface area contributed by atoms with E-state index in [0.717, 1.165) is 54.8 Å². The van der Waals surface area contributed by atoms with Gasteiger partial charge in [0.2, 0.25) is 0 Å². The first-order chi connectivity index (χ1) is 15.8. The number of rotatable bonds is 5. The van der Waals surface area contributed by atoms with E-state index in [-0.39, 0.29) is 10.8 Å². The number of halogens is 3. The first-order valence-corrected chi connectivity index (χ1v) is 10.9. The van der Waals surface area contributed by atoms with Gasteiger partial charge in [0, 0.05) is 13.1 Å². The molecule has 1 saturated heterocycles. The summed E-state index contributed by atoms with van der Waals surface area (Å²) in [6, 6.07) is 15.0. The number of benzene rings is 2. The van der Waals surface area contributed by atoms with Crippen LogP contribution in [0.2, 0.25) is 0 Å². The highest BCUT2D eigenvalue weighted by Crippen LogP contribution is 2.34. The number of aromatic nitrogens is 2. The van der Waals surface area contributed by atoms with Gasteiger partial charge in [0.15, 0.2) is 5.11 Å². The summed E-state index contributed by atoms with van der Waals surface area (Å²) in [5.74, 6) is 0.933. The Morgan fingerprint density at radius 3 is 2.42 bits per heavy atom. The fraction of sp³-hybridized carbons (Fsp3) is 0.261. The van der Waals surface area contributed by atoms with E-state index in [1.165, 1.54) is 18.2 Å². The third kappa shape index (κ3) is 5.16. The van der Waals surface area contributed by atoms with Gasteiger partial charge in [0.05, 0.1) is 34.4 Å². The maximum Gasteiger partial charge on any atom is 0.418 e. The van der Waals surface area contributed by atoms with Crippen LogP contribution in [0.4, 0.5) is 24.7 Å². The molecule has 1 aromatic heterocycles. The van der Waals surface area contributed by atoms with Crippen molar-refractivity contribution < 1.29 is 13.2 Å². The Balaban J connectivity index is 1.55. The lowest BCUT2D eigenvalue weighted by molar-refractivity contribution is -0.136. The second-order valence-corrected chi connectivity index (χ2v) is 8.04. The van der Waals surface area contributed by atoms with E-state index < -0.39 is 11.7 Å². The number of thiocarbonyl (C=S) groups is 1. The topological polar surface area (TPSA) is 57.5 Å².